The molecular weight excluding hydrogens is 168 g/mol. The van der Waals surface area contributed by atoms with E-state index in [2.05, 4.69) is 11.5 Å². The summed E-state index contributed by atoms with van der Waals surface area (Å²) in [5.41, 5.74) is -1.61. The lowest BCUT2D eigenvalue weighted by Crippen LogP contribution is -2.21. The predicted octanol–water partition coefficient (Wildman–Crippen LogP) is 2.14. The number of rotatable bonds is 5. The summed E-state index contributed by atoms with van der Waals surface area (Å²) < 4.78 is 0. The maximum atomic E-state index is 9.52. The minimum atomic E-state index is -0.901. The van der Waals surface area contributed by atoms with Crippen LogP contribution in [-0.2, 0) is 4.89 Å². The molecular formula is C10H18O3. The Morgan fingerprint density at radius 3 is 2.31 bits per heavy atom. The van der Waals surface area contributed by atoms with Crippen molar-refractivity contribution in [3.05, 3.63) is 24.8 Å². The van der Waals surface area contributed by atoms with Crippen LogP contribution in [0.5, 0.6) is 0 Å². The lowest BCUT2D eigenvalue weighted by atomic mass is 10.0. The average Bonchev–Trinajstić information content (AvgIpc) is 2.04. The molecule has 0 aromatic carbocycles. The van der Waals surface area contributed by atoms with Gasteiger partial charge in [0.25, 0.3) is 0 Å². The van der Waals surface area contributed by atoms with Crippen LogP contribution in [0.15, 0.2) is 24.8 Å². The molecule has 0 saturated carbocycles. The Kier molecular flexibility index (Phi) is 4.33. The summed E-state index contributed by atoms with van der Waals surface area (Å²) in [6, 6.07) is 0. The first-order chi connectivity index (χ1) is 5.83. The van der Waals surface area contributed by atoms with Crippen molar-refractivity contribution in [1.29, 1.82) is 0 Å². The Labute approximate surface area is 79.3 Å². The SMILES string of the molecule is C=C[C@](C)(O)C/C=C/C(C)(C)OO. The van der Waals surface area contributed by atoms with Crippen LogP contribution < -0.4 is 0 Å². The zero-order chi connectivity index (χ0) is 10.5. The van der Waals surface area contributed by atoms with Gasteiger partial charge in [-0.3, -0.25) is 5.26 Å². The van der Waals surface area contributed by atoms with Crippen LogP contribution in [0.1, 0.15) is 27.2 Å². The lowest BCUT2D eigenvalue weighted by Gasteiger charge is -2.18. The van der Waals surface area contributed by atoms with Gasteiger partial charge in [-0.05, 0) is 27.2 Å². The monoisotopic (exact) mass is 186 g/mol. The second-order valence-electron chi connectivity index (χ2n) is 3.86. The number of hydrogen-bond donors (Lipinski definition) is 2. The van der Waals surface area contributed by atoms with Crippen molar-refractivity contribution >= 4 is 0 Å². The van der Waals surface area contributed by atoms with Gasteiger partial charge in [0.15, 0.2) is 0 Å². The summed E-state index contributed by atoms with van der Waals surface area (Å²) in [7, 11) is 0. The van der Waals surface area contributed by atoms with E-state index in [0.717, 1.165) is 0 Å². The van der Waals surface area contributed by atoms with Crippen LogP contribution in [0.3, 0.4) is 0 Å². The molecule has 2 N–H and O–H groups in total. The zero-order valence-electron chi connectivity index (χ0n) is 8.45. The summed E-state index contributed by atoms with van der Waals surface area (Å²) in [6.07, 6.45) is 5.36. The molecule has 0 spiro atoms. The Morgan fingerprint density at radius 2 is 1.92 bits per heavy atom. The van der Waals surface area contributed by atoms with E-state index in [0.29, 0.717) is 6.42 Å². The van der Waals surface area contributed by atoms with E-state index in [1.807, 2.05) is 0 Å². The van der Waals surface area contributed by atoms with Gasteiger partial charge in [0.2, 0.25) is 0 Å². The van der Waals surface area contributed by atoms with Crippen molar-refractivity contribution in [3.8, 4) is 0 Å². The molecule has 0 bridgehead atoms. The van der Waals surface area contributed by atoms with Crippen molar-refractivity contribution in [1.82, 2.24) is 0 Å². The van der Waals surface area contributed by atoms with Gasteiger partial charge in [0, 0.05) is 0 Å². The van der Waals surface area contributed by atoms with Crippen LogP contribution in [0, 0.1) is 0 Å². The second-order valence-corrected chi connectivity index (χ2v) is 3.86. The van der Waals surface area contributed by atoms with Gasteiger partial charge in [0.1, 0.15) is 5.60 Å². The summed E-state index contributed by atoms with van der Waals surface area (Å²) in [5, 5.41) is 18.0. The summed E-state index contributed by atoms with van der Waals surface area (Å²) in [6.45, 7) is 8.60. The van der Waals surface area contributed by atoms with Crippen LogP contribution in [0.2, 0.25) is 0 Å². The first-order valence-electron chi connectivity index (χ1n) is 4.19. The van der Waals surface area contributed by atoms with Crippen molar-refractivity contribution < 1.29 is 15.3 Å². The standard InChI is InChI=1S/C10H18O3/c1-5-10(4,11)8-6-7-9(2,3)13-12/h5-7,11-12H,1,8H2,2-4H3/b7-6+/t10-/m0/s1. The van der Waals surface area contributed by atoms with Gasteiger partial charge in [-0.25, -0.2) is 4.89 Å². The molecule has 0 unspecified atom stereocenters. The maximum Gasteiger partial charge on any atom is 0.116 e. The molecule has 0 saturated heterocycles. The average molecular weight is 186 g/mol. The number of hydrogen-bond acceptors (Lipinski definition) is 3. The Morgan fingerprint density at radius 1 is 1.38 bits per heavy atom. The summed E-state index contributed by atoms with van der Waals surface area (Å²) in [5.74, 6) is 0. The molecule has 0 fully saturated rings. The second kappa shape index (κ2) is 4.56. The Hall–Kier alpha value is -0.640. The molecule has 0 radical (unpaired) electrons. The molecule has 0 amide bonds. The van der Waals surface area contributed by atoms with Gasteiger partial charge in [-0.2, -0.15) is 0 Å². The minimum absolute atomic E-state index is 0.448. The quantitative estimate of drug-likeness (QED) is 0.393. The molecule has 3 nitrogen and oxygen atoms in total. The highest BCUT2D eigenvalue weighted by molar-refractivity contribution is 5.03. The van der Waals surface area contributed by atoms with Crippen LogP contribution in [0.25, 0.3) is 0 Å². The molecule has 13 heavy (non-hydrogen) atoms. The highest BCUT2D eigenvalue weighted by atomic mass is 17.1. The van der Waals surface area contributed by atoms with E-state index in [1.54, 1.807) is 32.9 Å². The lowest BCUT2D eigenvalue weighted by molar-refractivity contribution is -0.297. The van der Waals surface area contributed by atoms with E-state index < -0.39 is 11.2 Å². The van der Waals surface area contributed by atoms with E-state index >= 15 is 0 Å². The minimum Gasteiger partial charge on any atom is -0.386 e. The molecule has 0 aromatic heterocycles. The van der Waals surface area contributed by atoms with Crippen LogP contribution in [-0.4, -0.2) is 21.6 Å². The molecule has 0 rings (SSSR count). The highest BCUT2D eigenvalue weighted by Gasteiger charge is 2.16. The van der Waals surface area contributed by atoms with Crippen LogP contribution >= 0.6 is 0 Å². The fourth-order valence-electron chi connectivity index (χ4n) is 0.695. The van der Waals surface area contributed by atoms with Gasteiger partial charge >= 0.3 is 0 Å². The third kappa shape index (κ3) is 5.58. The molecule has 0 aliphatic rings. The summed E-state index contributed by atoms with van der Waals surface area (Å²) in [4.78, 5) is 4.19. The first-order valence-corrected chi connectivity index (χ1v) is 4.19. The fraction of sp³-hybridized carbons (Fsp3) is 0.600. The summed E-state index contributed by atoms with van der Waals surface area (Å²) >= 11 is 0. The van der Waals surface area contributed by atoms with Gasteiger partial charge < -0.3 is 5.11 Å². The fourth-order valence-corrected chi connectivity index (χ4v) is 0.695. The van der Waals surface area contributed by atoms with Crippen molar-refractivity contribution in [2.24, 2.45) is 0 Å². The largest absolute Gasteiger partial charge is 0.386 e. The number of aliphatic hydroxyl groups is 1. The third-order valence-corrected chi connectivity index (χ3v) is 1.73. The maximum absolute atomic E-state index is 9.52. The normalized spacial score (nSPS) is 17.3. The molecule has 0 aliphatic carbocycles. The van der Waals surface area contributed by atoms with E-state index in [9.17, 15) is 5.11 Å². The topological polar surface area (TPSA) is 49.7 Å². The molecule has 0 aromatic rings. The molecule has 1 atom stereocenters. The van der Waals surface area contributed by atoms with Crippen molar-refractivity contribution in [2.45, 2.75) is 38.4 Å². The molecule has 0 heterocycles. The molecule has 0 aliphatic heterocycles. The smallest absolute Gasteiger partial charge is 0.116 e. The first kappa shape index (κ1) is 12.4. The third-order valence-electron chi connectivity index (χ3n) is 1.73. The van der Waals surface area contributed by atoms with Crippen LogP contribution in [0.4, 0.5) is 0 Å². The Balaban J connectivity index is 4.09. The van der Waals surface area contributed by atoms with E-state index in [4.69, 9.17) is 5.26 Å². The molecule has 3 heteroatoms. The van der Waals surface area contributed by atoms with Gasteiger partial charge in [-0.15, -0.1) is 6.58 Å². The van der Waals surface area contributed by atoms with Crippen molar-refractivity contribution in [3.63, 3.8) is 0 Å². The molecule has 76 valence electrons. The van der Waals surface area contributed by atoms with Crippen molar-refractivity contribution in [2.75, 3.05) is 0 Å². The van der Waals surface area contributed by atoms with Gasteiger partial charge in [-0.1, -0.05) is 18.2 Å². The Bertz CT molecular complexity index is 192. The highest BCUT2D eigenvalue weighted by Crippen LogP contribution is 2.14. The predicted molar refractivity (Wildman–Crippen MR) is 52.4 cm³/mol. The van der Waals surface area contributed by atoms with E-state index in [1.165, 1.54) is 6.08 Å². The zero-order valence-corrected chi connectivity index (χ0v) is 8.45. The van der Waals surface area contributed by atoms with Gasteiger partial charge in [0.05, 0.1) is 5.60 Å². The van der Waals surface area contributed by atoms with E-state index in [-0.39, 0.29) is 0 Å².